The molecule has 262 valence electrons. The average molecular weight is 721 g/mol. The third-order valence-electron chi connectivity index (χ3n) is 8.94. The SMILES string of the molecule is COc1cc(C(=O)Nc2cccc(-c3nccc(-c4ccc(CNC[C@@H]5CCC(=O)N5)c(OC)n4)c3Cl)c2Cl)ncc1CN1CC[C@H](OC)C1. The van der Waals surface area contributed by atoms with Gasteiger partial charge in [-0.15, -0.1) is 0 Å². The van der Waals surface area contributed by atoms with E-state index in [1.54, 1.807) is 64.1 Å². The summed E-state index contributed by atoms with van der Waals surface area (Å²) >= 11 is 13.8. The smallest absolute Gasteiger partial charge is 0.274 e. The summed E-state index contributed by atoms with van der Waals surface area (Å²) in [5.74, 6) is 0.672. The molecule has 5 heterocycles. The molecule has 2 fully saturated rings. The number of likely N-dealkylation sites (tertiary alicyclic amines) is 1. The fourth-order valence-electron chi connectivity index (χ4n) is 6.24. The zero-order valence-corrected chi connectivity index (χ0v) is 29.6. The Balaban J connectivity index is 1.17. The van der Waals surface area contributed by atoms with Crippen LogP contribution in [0.3, 0.4) is 0 Å². The number of hydrogen-bond donors (Lipinski definition) is 3. The van der Waals surface area contributed by atoms with Gasteiger partial charge in [-0.3, -0.25) is 24.5 Å². The van der Waals surface area contributed by atoms with Crippen LogP contribution < -0.4 is 25.4 Å². The number of pyridine rings is 3. The van der Waals surface area contributed by atoms with Gasteiger partial charge >= 0.3 is 0 Å². The van der Waals surface area contributed by atoms with Gasteiger partial charge in [0.2, 0.25) is 11.8 Å². The number of amides is 2. The van der Waals surface area contributed by atoms with Crippen LogP contribution in [0.15, 0.2) is 54.9 Å². The first-order valence-corrected chi connectivity index (χ1v) is 17.1. The molecule has 0 spiro atoms. The van der Waals surface area contributed by atoms with Crippen molar-refractivity contribution in [2.24, 2.45) is 0 Å². The number of carbonyl (C=O) groups excluding carboxylic acids is 2. The molecular weight excluding hydrogens is 681 g/mol. The fraction of sp³-hybridized carbons (Fsp3) is 0.361. The third-order valence-corrected chi connectivity index (χ3v) is 9.73. The van der Waals surface area contributed by atoms with Crippen LogP contribution in [0.4, 0.5) is 5.69 Å². The van der Waals surface area contributed by atoms with Crippen molar-refractivity contribution in [1.29, 1.82) is 0 Å². The van der Waals surface area contributed by atoms with Gasteiger partial charge in [0, 0.05) is 93.0 Å². The van der Waals surface area contributed by atoms with E-state index in [2.05, 4.69) is 30.8 Å². The molecule has 2 aliphatic heterocycles. The Hall–Kier alpha value is -4.33. The van der Waals surface area contributed by atoms with Gasteiger partial charge in [-0.1, -0.05) is 41.4 Å². The molecule has 0 unspecified atom stereocenters. The first-order valence-electron chi connectivity index (χ1n) is 16.3. The number of halogens is 2. The van der Waals surface area contributed by atoms with Crippen molar-refractivity contribution in [2.45, 2.75) is 44.5 Å². The quantitative estimate of drug-likeness (QED) is 0.165. The lowest BCUT2D eigenvalue weighted by molar-refractivity contribution is -0.119. The molecule has 2 atom stereocenters. The van der Waals surface area contributed by atoms with E-state index < -0.39 is 5.91 Å². The molecule has 2 amide bonds. The van der Waals surface area contributed by atoms with E-state index >= 15 is 0 Å². The maximum atomic E-state index is 13.4. The number of hydrogen-bond acceptors (Lipinski definition) is 10. The van der Waals surface area contributed by atoms with E-state index in [9.17, 15) is 9.59 Å². The van der Waals surface area contributed by atoms with Gasteiger partial charge in [0.1, 0.15) is 11.4 Å². The Kier molecular flexibility index (Phi) is 11.5. The number of benzene rings is 1. The number of ether oxygens (including phenoxy) is 3. The average Bonchev–Trinajstić information content (AvgIpc) is 3.77. The number of nitrogens with zero attached hydrogens (tertiary/aromatic N) is 4. The molecule has 14 heteroatoms. The van der Waals surface area contributed by atoms with Crippen molar-refractivity contribution in [2.75, 3.05) is 46.3 Å². The summed E-state index contributed by atoms with van der Waals surface area (Å²) in [5.41, 5.74) is 4.50. The molecule has 0 bridgehead atoms. The van der Waals surface area contributed by atoms with E-state index in [4.69, 9.17) is 42.4 Å². The highest BCUT2D eigenvalue weighted by molar-refractivity contribution is 6.39. The second-order valence-electron chi connectivity index (χ2n) is 12.2. The van der Waals surface area contributed by atoms with Crippen molar-refractivity contribution in [3.8, 4) is 34.1 Å². The highest BCUT2D eigenvalue weighted by Crippen LogP contribution is 2.40. The summed E-state index contributed by atoms with van der Waals surface area (Å²) < 4.78 is 16.7. The van der Waals surface area contributed by atoms with Crippen molar-refractivity contribution in [1.82, 2.24) is 30.5 Å². The maximum Gasteiger partial charge on any atom is 0.274 e. The molecule has 3 aromatic heterocycles. The molecule has 50 heavy (non-hydrogen) atoms. The highest BCUT2D eigenvalue weighted by atomic mass is 35.5. The number of anilines is 1. The van der Waals surface area contributed by atoms with Gasteiger partial charge < -0.3 is 30.2 Å². The normalized spacial score (nSPS) is 17.5. The Morgan fingerprint density at radius 1 is 1.02 bits per heavy atom. The number of nitrogens with one attached hydrogen (secondary N) is 3. The van der Waals surface area contributed by atoms with Crippen molar-refractivity contribution >= 4 is 40.7 Å². The van der Waals surface area contributed by atoms with Gasteiger partial charge in [-0.05, 0) is 31.0 Å². The summed E-state index contributed by atoms with van der Waals surface area (Å²) in [7, 11) is 4.87. The second-order valence-corrected chi connectivity index (χ2v) is 13.0. The Morgan fingerprint density at radius 2 is 1.88 bits per heavy atom. The predicted octanol–water partition coefficient (Wildman–Crippen LogP) is 5.37. The molecule has 6 rings (SSSR count). The van der Waals surface area contributed by atoms with Gasteiger partial charge in [0.25, 0.3) is 5.91 Å². The predicted molar refractivity (Wildman–Crippen MR) is 192 cm³/mol. The molecule has 12 nitrogen and oxygen atoms in total. The largest absolute Gasteiger partial charge is 0.496 e. The summed E-state index contributed by atoms with van der Waals surface area (Å²) in [6, 6.07) is 12.6. The number of methoxy groups -OCH3 is 3. The minimum atomic E-state index is -0.443. The standard InChI is InChI=1S/C36H39Cl2N7O5/c1-48-24-12-14-45(20-24)19-22-17-41-29(15-30(22)49-2)35(47)43-28-6-4-5-26(32(28)37)34-33(38)25(11-13-40-34)27-9-7-21(36(44-27)50-3)16-39-18-23-8-10-31(46)42-23/h4-7,9,11,13,15,17,23-24,39H,8,10,12,14,16,18-20H2,1-3H3,(H,42,46)(H,43,47)/t23-,24-/m0/s1. The van der Waals surface area contributed by atoms with Crippen LogP contribution in [0.2, 0.25) is 10.0 Å². The lowest BCUT2D eigenvalue weighted by atomic mass is 10.1. The van der Waals surface area contributed by atoms with Crippen LogP contribution in [0.25, 0.3) is 22.5 Å². The molecule has 1 aromatic carbocycles. The van der Waals surface area contributed by atoms with E-state index in [-0.39, 0.29) is 28.8 Å². The summed E-state index contributed by atoms with van der Waals surface area (Å²) in [5, 5.41) is 9.81. The molecule has 0 radical (unpaired) electrons. The van der Waals surface area contributed by atoms with Crippen LogP contribution in [0, 0.1) is 0 Å². The Morgan fingerprint density at radius 3 is 2.62 bits per heavy atom. The zero-order valence-electron chi connectivity index (χ0n) is 28.1. The molecule has 4 aromatic rings. The number of aromatic nitrogens is 3. The van der Waals surface area contributed by atoms with Gasteiger partial charge in [0.15, 0.2) is 0 Å². The van der Waals surface area contributed by atoms with Gasteiger partial charge in [-0.25, -0.2) is 4.98 Å². The van der Waals surface area contributed by atoms with Crippen LogP contribution in [-0.2, 0) is 22.6 Å². The zero-order chi connectivity index (χ0) is 35.2. The Labute approximate surface area is 300 Å². The van der Waals surface area contributed by atoms with Crippen LogP contribution in [0.5, 0.6) is 11.6 Å². The molecular formula is C36H39Cl2N7O5. The lowest BCUT2D eigenvalue weighted by Gasteiger charge is -2.18. The van der Waals surface area contributed by atoms with Crippen molar-refractivity contribution in [3.05, 3.63) is 81.7 Å². The molecule has 2 saturated heterocycles. The topological polar surface area (TPSA) is 140 Å². The first-order chi connectivity index (χ1) is 24.3. The minimum absolute atomic E-state index is 0.0842. The third kappa shape index (κ3) is 8.00. The minimum Gasteiger partial charge on any atom is -0.496 e. The molecule has 3 N–H and O–H groups in total. The van der Waals surface area contributed by atoms with Gasteiger partial charge in [-0.2, -0.15) is 0 Å². The monoisotopic (exact) mass is 719 g/mol. The van der Waals surface area contributed by atoms with Crippen molar-refractivity contribution < 1.29 is 23.8 Å². The highest BCUT2D eigenvalue weighted by Gasteiger charge is 2.25. The molecule has 0 saturated carbocycles. The van der Waals surface area contributed by atoms with Crippen molar-refractivity contribution in [3.63, 3.8) is 0 Å². The number of rotatable bonds is 13. The first kappa shape index (κ1) is 35.5. The van der Waals surface area contributed by atoms with E-state index in [1.165, 1.54) is 0 Å². The molecule has 2 aliphatic rings. The number of carbonyl (C=O) groups is 2. The Bertz CT molecular complexity index is 1880. The lowest BCUT2D eigenvalue weighted by Crippen LogP contribution is -2.35. The summed E-state index contributed by atoms with van der Waals surface area (Å²) in [4.78, 5) is 40.8. The van der Waals surface area contributed by atoms with Crippen LogP contribution in [0.1, 0.15) is 40.9 Å². The summed E-state index contributed by atoms with van der Waals surface area (Å²) in [6.45, 7) is 3.57. The maximum absolute atomic E-state index is 13.4. The van der Waals surface area contributed by atoms with E-state index in [0.29, 0.717) is 70.9 Å². The van der Waals surface area contributed by atoms with Crippen LogP contribution in [-0.4, -0.2) is 84.8 Å². The fourth-order valence-corrected chi connectivity index (χ4v) is 6.81. The van der Waals surface area contributed by atoms with Gasteiger partial charge in [0.05, 0.1) is 47.4 Å². The van der Waals surface area contributed by atoms with Crippen LogP contribution >= 0.6 is 23.2 Å². The second kappa shape index (κ2) is 16.1. The van der Waals surface area contributed by atoms with E-state index in [0.717, 1.165) is 37.1 Å². The summed E-state index contributed by atoms with van der Waals surface area (Å²) in [6.07, 6.45) is 5.86. The molecule has 0 aliphatic carbocycles. The van der Waals surface area contributed by atoms with E-state index in [1.807, 2.05) is 12.1 Å².